The van der Waals surface area contributed by atoms with E-state index in [4.69, 9.17) is 10.0 Å². The molecule has 2 aromatic rings. The van der Waals surface area contributed by atoms with Gasteiger partial charge in [0.25, 0.3) is 11.8 Å². The molecular weight excluding hydrogens is 456 g/mol. The Hall–Kier alpha value is -2.11. The van der Waals surface area contributed by atoms with Crippen LogP contribution in [0.3, 0.4) is 0 Å². The number of aromatic nitrogens is 1. The minimum Gasteiger partial charge on any atom is -0.289 e. The average molecular weight is 471 g/mol. The van der Waals surface area contributed by atoms with Gasteiger partial charge in [-0.15, -0.1) is 0 Å². The number of nitrogens with one attached hydrogen (secondary N) is 1. The SMILES string of the molecule is O=C(CON1CCc2cncc(Cc3ccc(I)cc3F)c2C1=O)NO. The number of rotatable bonds is 5. The molecule has 7 nitrogen and oxygen atoms in total. The topological polar surface area (TPSA) is 91.8 Å². The normalized spacial score (nSPS) is 13.5. The highest BCUT2D eigenvalue weighted by atomic mass is 127. The Balaban J connectivity index is 1.86. The third kappa shape index (κ3) is 4.00. The zero-order valence-electron chi connectivity index (χ0n) is 13.5. The van der Waals surface area contributed by atoms with Gasteiger partial charge >= 0.3 is 0 Å². The van der Waals surface area contributed by atoms with Crippen molar-refractivity contribution in [2.24, 2.45) is 0 Å². The summed E-state index contributed by atoms with van der Waals surface area (Å²) in [6.07, 6.45) is 3.87. The lowest BCUT2D eigenvalue weighted by Crippen LogP contribution is -2.40. The van der Waals surface area contributed by atoms with Gasteiger partial charge in [0.15, 0.2) is 6.61 Å². The second-order valence-electron chi connectivity index (χ2n) is 5.71. The summed E-state index contributed by atoms with van der Waals surface area (Å²) in [5, 5.41) is 9.59. The summed E-state index contributed by atoms with van der Waals surface area (Å²) in [5.74, 6) is -1.52. The number of hydrogen-bond acceptors (Lipinski definition) is 5. The van der Waals surface area contributed by atoms with Gasteiger partial charge < -0.3 is 0 Å². The van der Waals surface area contributed by atoms with Crippen molar-refractivity contribution < 1.29 is 24.0 Å². The van der Waals surface area contributed by atoms with Gasteiger partial charge in [-0.2, -0.15) is 0 Å². The molecule has 2 heterocycles. The van der Waals surface area contributed by atoms with Crippen molar-refractivity contribution in [1.82, 2.24) is 15.5 Å². The minimum absolute atomic E-state index is 0.218. The van der Waals surface area contributed by atoms with Crippen molar-refractivity contribution >= 4 is 34.4 Å². The Morgan fingerprint density at radius 1 is 1.38 bits per heavy atom. The fourth-order valence-corrected chi connectivity index (χ4v) is 3.21. The third-order valence-corrected chi connectivity index (χ3v) is 4.67. The average Bonchev–Trinajstić information content (AvgIpc) is 2.63. The summed E-state index contributed by atoms with van der Waals surface area (Å²) in [4.78, 5) is 33.2. The molecule has 0 atom stereocenters. The van der Waals surface area contributed by atoms with E-state index in [1.54, 1.807) is 18.3 Å². The number of hydroxylamine groups is 3. The zero-order valence-corrected chi connectivity index (χ0v) is 15.7. The monoisotopic (exact) mass is 471 g/mol. The van der Waals surface area contributed by atoms with Gasteiger partial charge in [-0.3, -0.25) is 24.6 Å². The minimum atomic E-state index is -0.764. The highest BCUT2D eigenvalue weighted by molar-refractivity contribution is 14.1. The molecule has 0 spiro atoms. The lowest BCUT2D eigenvalue weighted by atomic mass is 9.94. The van der Waals surface area contributed by atoms with Crippen molar-refractivity contribution in [1.29, 1.82) is 0 Å². The number of amides is 2. The Morgan fingerprint density at radius 2 is 2.19 bits per heavy atom. The molecule has 136 valence electrons. The van der Waals surface area contributed by atoms with Crippen molar-refractivity contribution in [3.8, 4) is 0 Å². The highest BCUT2D eigenvalue weighted by Crippen LogP contribution is 2.25. The van der Waals surface area contributed by atoms with Crippen LogP contribution in [-0.4, -0.2) is 40.2 Å². The quantitative estimate of drug-likeness (QED) is 0.395. The number of benzene rings is 1. The summed E-state index contributed by atoms with van der Waals surface area (Å²) in [6.45, 7) is -0.225. The number of carbonyl (C=O) groups excluding carboxylic acids is 2. The Bertz CT molecular complexity index is 862. The van der Waals surface area contributed by atoms with Gasteiger partial charge in [-0.25, -0.2) is 14.9 Å². The molecule has 1 aliphatic heterocycles. The van der Waals surface area contributed by atoms with E-state index in [-0.39, 0.29) is 18.8 Å². The number of nitrogens with zero attached hydrogens (tertiary/aromatic N) is 2. The summed E-state index contributed by atoms with van der Waals surface area (Å²) < 4.78 is 15.0. The Labute approximate surface area is 162 Å². The smallest absolute Gasteiger partial charge is 0.278 e. The molecule has 9 heteroatoms. The first-order valence-electron chi connectivity index (χ1n) is 7.77. The predicted molar refractivity (Wildman–Crippen MR) is 96.8 cm³/mol. The van der Waals surface area contributed by atoms with Crippen LogP contribution in [-0.2, 0) is 22.5 Å². The molecule has 1 aliphatic rings. The molecule has 0 saturated carbocycles. The van der Waals surface area contributed by atoms with E-state index >= 15 is 0 Å². The molecule has 0 saturated heterocycles. The summed E-state index contributed by atoms with van der Waals surface area (Å²) >= 11 is 2.03. The van der Waals surface area contributed by atoms with Gasteiger partial charge in [0.05, 0.1) is 12.1 Å². The van der Waals surface area contributed by atoms with Crippen LogP contribution in [0, 0.1) is 9.39 Å². The fourth-order valence-electron chi connectivity index (χ4n) is 2.76. The molecule has 3 rings (SSSR count). The Kier molecular flexibility index (Phi) is 5.79. The van der Waals surface area contributed by atoms with Gasteiger partial charge in [0.1, 0.15) is 5.82 Å². The second kappa shape index (κ2) is 8.06. The maximum Gasteiger partial charge on any atom is 0.278 e. The van der Waals surface area contributed by atoms with Gasteiger partial charge in [0, 0.05) is 22.4 Å². The van der Waals surface area contributed by atoms with Gasteiger partial charge in [0.2, 0.25) is 0 Å². The molecule has 1 aromatic carbocycles. The fraction of sp³-hybridized carbons (Fsp3) is 0.235. The maximum absolute atomic E-state index is 14.2. The van der Waals surface area contributed by atoms with Crippen molar-refractivity contribution in [3.63, 3.8) is 0 Å². The van der Waals surface area contributed by atoms with Crippen LogP contribution < -0.4 is 5.48 Å². The first kappa shape index (κ1) is 18.7. The van der Waals surface area contributed by atoms with Crippen molar-refractivity contribution in [2.75, 3.05) is 13.2 Å². The van der Waals surface area contributed by atoms with Gasteiger partial charge in [-0.05, 0) is 57.8 Å². The van der Waals surface area contributed by atoms with Crippen LogP contribution in [0.4, 0.5) is 4.39 Å². The molecule has 0 radical (unpaired) electrons. The van der Waals surface area contributed by atoms with Crippen LogP contribution in [0.2, 0.25) is 0 Å². The molecule has 26 heavy (non-hydrogen) atoms. The van der Waals surface area contributed by atoms with Crippen LogP contribution in [0.25, 0.3) is 0 Å². The van der Waals surface area contributed by atoms with E-state index in [2.05, 4.69) is 4.98 Å². The van der Waals surface area contributed by atoms with E-state index in [1.807, 2.05) is 22.6 Å². The van der Waals surface area contributed by atoms with E-state index in [9.17, 15) is 14.0 Å². The standard InChI is InChI=1S/C17H15FIN3O4/c18-14-6-13(19)2-1-10(14)5-12-8-20-7-11-3-4-22(17(24)16(11)12)26-9-15(23)21-25/h1-2,6-8,25H,3-5,9H2,(H,21,23). The third-order valence-electron chi connectivity index (χ3n) is 4.00. The van der Waals surface area contributed by atoms with E-state index in [0.29, 0.717) is 23.1 Å². The van der Waals surface area contributed by atoms with E-state index in [0.717, 1.165) is 14.2 Å². The molecule has 2 N–H and O–H groups in total. The number of fused-ring (bicyclic) bond motifs is 1. The molecule has 0 fully saturated rings. The first-order chi connectivity index (χ1) is 12.5. The van der Waals surface area contributed by atoms with Crippen LogP contribution in [0.5, 0.6) is 0 Å². The van der Waals surface area contributed by atoms with Gasteiger partial charge in [-0.1, -0.05) is 6.07 Å². The Morgan fingerprint density at radius 3 is 2.92 bits per heavy atom. The summed E-state index contributed by atoms with van der Waals surface area (Å²) in [7, 11) is 0. The van der Waals surface area contributed by atoms with Crippen LogP contribution >= 0.6 is 22.6 Å². The molecular formula is C17H15FIN3O4. The van der Waals surface area contributed by atoms with E-state index in [1.165, 1.54) is 17.7 Å². The zero-order chi connectivity index (χ0) is 18.7. The second-order valence-corrected chi connectivity index (χ2v) is 6.96. The molecule has 0 bridgehead atoms. The van der Waals surface area contributed by atoms with Crippen molar-refractivity contribution in [2.45, 2.75) is 12.8 Å². The lowest BCUT2D eigenvalue weighted by Gasteiger charge is -2.28. The molecule has 0 unspecified atom stereocenters. The number of hydrogen-bond donors (Lipinski definition) is 2. The van der Waals surface area contributed by atoms with Crippen LogP contribution in [0.15, 0.2) is 30.6 Å². The number of pyridine rings is 1. The molecule has 1 aromatic heterocycles. The highest BCUT2D eigenvalue weighted by Gasteiger charge is 2.29. The summed E-state index contributed by atoms with van der Waals surface area (Å²) in [6, 6.07) is 4.92. The predicted octanol–water partition coefficient (Wildman–Crippen LogP) is 1.85. The summed E-state index contributed by atoms with van der Waals surface area (Å²) in [5.41, 5.74) is 3.66. The molecule has 2 amide bonds. The molecule has 0 aliphatic carbocycles. The number of carbonyl (C=O) groups is 2. The maximum atomic E-state index is 14.2. The first-order valence-corrected chi connectivity index (χ1v) is 8.85. The van der Waals surface area contributed by atoms with Crippen LogP contribution in [0.1, 0.15) is 27.0 Å². The lowest BCUT2D eigenvalue weighted by molar-refractivity contribution is -0.157. The largest absolute Gasteiger partial charge is 0.289 e. The number of halogens is 2. The van der Waals surface area contributed by atoms with E-state index < -0.39 is 18.4 Å². The van der Waals surface area contributed by atoms with Crippen molar-refractivity contribution in [3.05, 3.63) is 62.2 Å².